The largest absolute Gasteiger partial charge is 0.497 e. The second-order valence-corrected chi connectivity index (χ2v) is 11.3. The summed E-state index contributed by atoms with van der Waals surface area (Å²) >= 11 is 0. The number of pyridine rings is 1. The number of amides is 1. The summed E-state index contributed by atoms with van der Waals surface area (Å²) in [6.45, 7) is 1.85. The van der Waals surface area contributed by atoms with Gasteiger partial charge in [-0.3, -0.25) is 4.79 Å². The first-order valence-corrected chi connectivity index (χ1v) is 13.2. The van der Waals surface area contributed by atoms with Crippen molar-refractivity contribution in [1.29, 1.82) is 0 Å². The molecule has 3 heterocycles. The van der Waals surface area contributed by atoms with E-state index >= 15 is 0 Å². The maximum Gasteiger partial charge on any atom is 0.252 e. The van der Waals surface area contributed by atoms with E-state index in [-0.39, 0.29) is 29.5 Å². The van der Waals surface area contributed by atoms with Gasteiger partial charge in [0.15, 0.2) is 15.5 Å². The third-order valence-corrected chi connectivity index (χ3v) is 8.46. The van der Waals surface area contributed by atoms with Gasteiger partial charge in [0.2, 0.25) is 0 Å². The fourth-order valence-corrected chi connectivity index (χ4v) is 6.65. The van der Waals surface area contributed by atoms with Crippen LogP contribution < -0.4 is 10.1 Å². The number of ether oxygens (including phenoxy) is 1. The number of rotatable bonds is 5. The molecule has 1 saturated carbocycles. The van der Waals surface area contributed by atoms with Gasteiger partial charge in [-0.05, 0) is 56.5 Å². The van der Waals surface area contributed by atoms with Crippen molar-refractivity contribution in [3.63, 3.8) is 0 Å². The van der Waals surface area contributed by atoms with Gasteiger partial charge in [0.25, 0.3) is 5.91 Å². The summed E-state index contributed by atoms with van der Waals surface area (Å²) in [5.74, 6) is 0.786. The molecule has 1 saturated heterocycles. The summed E-state index contributed by atoms with van der Waals surface area (Å²) in [7, 11) is -1.48. The number of methoxy groups -OCH3 is 1. The number of carbonyl (C=O) groups is 1. The van der Waals surface area contributed by atoms with Crippen molar-refractivity contribution < 1.29 is 17.9 Å². The minimum atomic E-state index is -3.10. The number of nitrogens with zero attached hydrogens (tertiary/aromatic N) is 3. The molecule has 2 aliphatic rings. The Kier molecular flexibility index (Phi) is 5.60. The van der Waals surface area contributed by atoms with Gasteiger partial charge in [0.05, 0.1) is 47.0 Å². The molecule has 2 aromatic heterocycles. The van der Waals surface area contributed by atoms with Crippen LogP contribution in [0.5, 0.6) is 5.75 Å². The number of nitrogens with one attached hydrogen (secondary N) is 1. The average molecular weight is 469 g/mol. The van der Waals surface area contributed by atoms with Gasteiger partial charge in [0.1, 0.15) is 5.75 Å². The molecule has 3 aromatic rings. The molecule has 1 aliphatic heterocycles. The lowest BCUT2D eigenvalue weighted by atomic mass is 10.0. The van der Waals surface area contributed by atoms with Crippen LogP contribution >= 0.6 is 0 Å². The highest BCUT2D eigenvalue weighted by Gasteiger charge is 2.32. The first kappa shape index (κ1) is 21.9. The molecule has 2 fully saturated rings. The van der Waals surface area contributed by atoms with Gasteiger partial charge in [-0.15, -0.1) is 0 Å². The number of benzene rings is 1. The van der Waals surface area contributed by atoms with Crippen LogP contribution in [-0.4, -0.2) is 53.7 Å². The molecule has 0 bridgehead atoms. The molecule has 0 spiro atoms. The summed E-state index contributed by atoms with van der Waals surface area (Å²) in [5, 5.41) is 8.53. The highest BCUT2D eigenvalue weighted by Crippen LogP contribution is 2.33. The minimum absolute atomic E-state index is 0.0429. The Morgan fingerprint density at radius 3 is 2.52 bits per heavy atom. The van der Waals surface area contributed by atoms with E-state index in [0.717, 1.165) is 37.0 Å². The highest BCUT2D eigenvalue weighted by molar-refractivity contribution is 7.91. The minimum Gasteiger partial charge on any atom is -0.497 e. The predicted molar refractivity (Wildman–Crippen MR) is 126 cm³/mol. The van der Waals surface area contributed by atoms with Crippen molar-refractivity contribution in [3.05, 3.63) is 41.6 Å². The molecule has 174 valence electrons. The Morgan fingerprint density at radius 1 is 1.15 bits per heavy atom. The Balaban J connectivity index is 1.65. The third kappa shape index (κ3) is 4.21. The molecule has 9 heteroatoms. The first-order valence-electron chi connectivity index (χ1n) is 11.4. The average Bonchev–Trinajstić information content (AvgIpc) is 3.52. The summed E-state index contributed by atoms with van der Waals surface area (Å²) in [4.78, 5) is 18.3. The summed E-state index contributed by atoms with van der Waals surface area (Å²) in [5.41, 5.74) is 3.25. The van der Waals surface area contributed by atoms with Crippen LogP contribution in [0.1, 0.15) is 54.2 Å². The van der Waals surface area contributed by atoms with Gasteiger partial charge in [-0.2, -0.15) is 5.10 Å². The zero-order valence-corrected chi connectivity index (χ0v) is 19.7. The van der Waals surface area contributed by atoms with E-state index in [1.165, 1.54) is 0 Å². The SMILES string of the molecule is COc1ccc(-c2cc(C(=O)NC3CCCC3)c3c(C)nn([C@H]4CCS(=O)(=O)C4)c3n2)cc1. The van der Waals surface area contributed by atoms with Crippen molar-refractivity contribution in [3.8, 4) is 17.0 Å². The Bertz CT molecular complexity index is 1310. The van der Waals surface area contributed by atoms with Gasteiger partial charge in [0, 0.05) is 11.6 Å². The van der Waals surface area contributed by atoms with Crippen molar-refractivity contribution in [1.82, 2.24) is 20.1 Å². The van der Waals surface area contributed by atoms with Crippen LogP contribution in [-0.2, 0) is 9.84 Å². The molecule has 8 nitrogen and oxygen atoms in total. The number of aromatic nitrogens is 3. The lowest BCUT2D eigenvalue weighted by molar-refractivity contribution is 0.0939. The zero-order chi connectivity index (χ0) is 23.2. The number of aryl methyl sites for hydroxylation is 1. The maximum atomic E-state index is 13.4. The van der Waals surface area contributed by atoms with E-state index < -0.39 is 9.84 Å². The normalized spacial score (nSPS) is 20.4. The molecule has 1 aromatic carbocycles. The molecule has 0 radical (unpaired) electrons. The van der Waals surface area contributed by atoms with Crippen LogP contribution in [0.2, 0.25) is 0 Å². The summed E-state index contributed by atoms with van der Waals surface area (Å²) < 4.78 is 31.3. The molecule has 0 unspecified atom stereocenters. The first-order chi connectivity index (χ1) is 15.8. The van der Waals surface area contributed by atoms with Crippen molar-refractivity contribution in [2.75, 3.05) is 18.6 Å². The van der Waals surface area contributed by atoms with Crippen LogP contribution in [0, 0.1) is 6.92 Å². The van der Waals surface area contributed by atoms with E-state index in [4.69, 9.17) is 9.72 Å². The molecule has 1 atom stereocenters. The second kappa shape index (κ2) is 8.44. The fourth-order valence-electron chi connectivity index (χ4n) is 4.96. The molecule has 1 N–H and O–H groups in total. The van der Waals surface area contributed by atoms with Gasteiger partial charge >= 0.3 is 0 Å². The summed E-state index contributed by atoms with van der Waals surface area (Å²) in [6, 6.07) is 9.23. The molecular weight excluding hydrogens is 440 g/mol. The number of hydrogen-bond donors (Lipinski definition) is 1. The Hall–Kier alpha value is -2.94. The quantitative estimate of drug-likeness (QED) is 0.615. The topological polar surface area (TPSA) is 103 Å². The van der Waals surface area contributed by atoms with Crippen LogP contribution in [0.15, 0.2) is 30.3 Å². The van der Waals surface area contributed by atoms with E-state index in [2.05, 4.69) is 10.4 Å². The van der Waals surface area contributed by atoms with Crippen molar-refractivity contribution in [2.45, 2.75) is 51.1 Å². The van der Waals surface area contributed by atoms with Crippen LogP contribution in [0.3, 0.4) is 0 Å². The number of sulfone groups is 1. The predicted octanol–water partition coefficient (Wildman–Crippen LogP) is 3.45. The second-order valence-electron chi connectivity index (χ2n) is 9.02. The lowest BCUT2D eigenvalue weighted by Crippen LogP contribution is -2.32. The number of carbonyl (C=O) groups excluding carboxylic acids is 1. The molecule has 1 amide bonds. The zero-order valence-electron chi connectivity index (χ0n) is 18.9. The lowest BCUT2D eigenvalue weighted by Gasteiger charge is -2.15. The maximum absolute atomic E-state index is 13.4. The van der Waals surface area contributed by atoms with E-state index in [0.29, 0.717) is 34.4 Å². The third-order valence-electron chi connectivity index (χ3n) is 6.71. The molecule has 33 heavy (non-hydrogen) atoms. The number of hydrogen-bond acceptors (Lipinski definition) is 6. The van der Waals surface area contributed by atoms with E-state index in [9.17, 15) is 13.2 Å². The van der Waals surface area contributed by atoms with Crippen molar-refractivity contribution in [2.24, 2.45) is 0 Å². The standard InChI is InChI=1S/C24H28N4O4S/c1-15-22-20(24(29)25-17-5-3-4-6-17)13-21(16-7-9-19(32-2)10-8-16)26-23(22)28(27-15)18-11-12-33(30,31)14-18/h7-10,13,17-18H,3-6,11-12,14H2,1-2H3,(H,25,29)/t18-/m0/s1. The molecule has 5 rings (SSSR count). The van der Waals surface area contributed by atoms with Crippen LogP contribution in [0.4, 0.5) is 0 Å². The monoisotopic (exact) mass is 468 g/mol. The van der Waals surface area contributed by atoms with Crippen LogP contribution in [0.25, 0.3) is 22.3 Å². The molecule has 1 aliphatic carbocycles. The van der Waals surface area contributed by atoms with Crippen molar-refractivity contribution >= 4 is 26.8 Å². The Morgan fingerprint density at radius 2 is 1.88 bits per heavy atom. The van der Waals surface area contributed by atoms with Gasteiger partial charge < -0.3 is 10.1 Å². The van der Waals surface area contributed by atoms with E-state index in [1.807, 2.05) is 37.3 Å². The fraction of sp³-hybridized carbons (Fsp3) is 0.458. The van der Waals surface area contributed by atoms with E-state index in [1.54, 1.807) is 11.8 Å². The molecular formula is C24H28N4O4S. The van der Waals surface area contributed by atoms with Gasteiger partial charge in [-0.25, -0.2) is 18.1 Å². The number of fused-ring (bicyclic) bond motifs is 1. The smallest absolute Gasteiger partial charge is 0.252 e. The van der Waals surface area contributed by atoms with Gasteiger partial charge in [-0.1, -0.05) is 12.8 Å². The Labute approximate surface area is 193 Å². The summed E-state index contributed by atoms with van der Waals surface area (Å²) in [6.07, 6.45) is 4.73. The highest BCUT2D eigenvalue weighted by atomic mass is 32.2.